The van der Waals surface area contributed by atoms with Crippen molar-refractivity contribution < 1.29 is 9.90 Å². The zero-order valence-corrected chi connectivity index (χ0v) is 11.2. The van der Waals surface area contributed by atoms with Crippen molar-refractivity contribution in [3.63, 3.8) is 0 Å². The van der Waals surface area contributed by atoms with Gasteiger partial charge in [0.25, 0.3) is 11.5 Å². The molecule has 1 fully saturated rings. The van der Waals surface area contributed by atoms with Gasteiger partial charge in [-0.3, -0.25) is 9.59 Å². The molecule has 0 radical (unpaired) electrons. The first kappa shape index (κ1) is 13.7. The van der Waals surface area contributed by atoms with Crippen molar-refractivity contribution in [3.8, 4) is 0 Å². The van der Waals surface area contributed by atoms with Gasteiger partial charge in [-0.15, -0.1) is 0 Å². The van der Waals surface area contributed by atoms with Crippen molar-refractivity contribution in [1.29, 1.82) is 0 Å². The van der Waals surface area contributed by atoms with E-state index in [0.29, 0.717) is 23.9 Å². The van der Waals surface area contributed by atoms with Gasteiger partial charge in [-0.05, 0) is 26.2 Å². The van der Waals surface area contributed by atoms with E-state index in [0.717, 1.165) is 12.8 Å². The predicted molar refractivity (Wildman–Crippen MR) is 70.2 cm³/mol. The Balaban J connectivity index is 2.24. The van der Waals surface area contributed by atoms with Crippen LogP contribution in [0.3, 0.4) is 0 Å². The fraction of sp³-hybridized carbons (Fsp3) is 0.615. The van der Waals surface area contributed by atoms with Crippen LogP contribution >= 0.6 is 0 Å². The first-order valence-electron chi connectivity index (χ1n) is 6.59. The van der Waals surface area contributed by atoms with E-state index in [4.69, 9.17) is 5.11 Å². The molecule has 1 unspecified atom stereocenters. The van der Waals surface area contributed by atoms with Gasteiger partial charge in [-0.2, -0.15) is 0 Å². The molecule has 3 N–H and O–H groups in total. The maximum atomic E-state index is 12.0. The van der Waals surface area contributed by atoms with Crippen molar-refractivity contribution in [2.45, 2.75) is 45.1 Å². The van der Waals surface area contributed by atoms with Crippen LogP contribution in [-0.4, -0.2) is 33.6 Å². The summed E-state index contributed by atoms with van der Waals surface area (Å²) in [6.07, 6.45) is 2.68. The number of carbonyl (C=O) groups is 1. The van der Waals surface area contributed by atoms with Crippen LogP contribution in [0.5, 0.6) is 0 Å². The molecule has 1 aromatic rings. The Hall–Kier alpha value is -1.69. The summed E-state index contributed by atoms with van der Waals surface area (Å²) in [6, 6.07) is -0.339. The molecule has 2 rings (SSSR count). The van der Waals surface area contributed by atoms with Gasteiger partial charge >= 0.3 is 0 Å². The highest BCUT2D eigenvalue weighted by molar-refractivity contribution is 5.95. The first-order valence-corrected chi connectivity index (χ1v) is 6.59. The number of hydrogen-bond acceptors (Lipinski definition) is 4. The molecule has 19 heavy (non-hydrogen) atoms. The van der Waals surface area contributed by atoms with Gasteiger partial charge in [0.15, 0.2) is 0 Å². The van der Waals surface area contributed by atoms with Gasteiger partial charge in [-0.1, -0.05) is 6.92 Å². The molecule has 1 heterocycles. The maximum Gasteiger partial charge on any atom is 0.264 e. The highest BCUT2D eigenvalue weighted by Crippen LogP contribution is 2.37. The monoisotopic (exact) mass is 265 g/mol. The van der Waals surface area contributed by atoms with E-state index < -0.39 is 11.5 Å². The van der Waals surface area contributed by atoms with E-state index >= 15 is 0 Å². The standard InChI is InChI=1S/C13H19N3O3/c1-3-9(6-17)15-12(18)10-7(2)14-11(8-4-5-8)16-13(10)19/h8-9,17H,3-6H2,1-2H3,(H,15,18)(H,14,16,19). The van der Waals surface area contributed by atoms with E-state index in [2.05, 4.69) is 15.3 Å². The minimum atomic E-state index is -0.477. The van der Waals surface area contributed by atoms with Crippen LogP contribution in [0.25, 0.3) is 0 Å². The Bertz CT molecular complexity index is 530. The molecule has 1 aliphatic carbocycles. The molecule has 1 aliphatic rings. The number of aliphatic hydroxyl groups is 1. The molecule has 1 saturated carbocycles. The van der Waals surface area contributed by atoms with Gasteiger partial charge in [0, 0.05) is 5.92 Å². The third kappa shape index (κ3) is 3.01. The zero-order chi connectivity index (χ0) is 14.0. The average Bonchev–Trinajstić information content (AvgIpc) is 3.19. The predicted octanol–water partition coefficient (Wildman–Crippen LogP) is 0.456. The average molecular weight is 265 g/mol. The number of carbonyl (C=O) groups excluding carboxylic acids is 1. The van der Waals surface area contributed by atoms with E-state index in [1.165, 1.54) is 0 Å². The minimum absolute atomic E-state index is 0.0382. The van der Waals surface area contributed by atoms with Gasteiger partial charge in [0.2, 0.25) is 0 Å². The molecule has 1 aromatic heterocycles. The summed E-state index contributed by atoms with van der Waals surface area (Å²) >= 11 is 0. The molecule has 1 atom stereocenters. The number of rotatable bonds is 5. The largest absolute Gasteiger partial charge is 0.394 e. The Morgan fingerprint density at radius 3 is 2.74 bits per heavy atom. The minimum Gasteiger partial charge on any atom is -0.394 e. The molecule has 6 heteroatoms. The molecule has 0 aromatic carbocycles. The van der Waals surface area contributed by atoms with Crippen molar-refractivity contribution in [2.75, 3.05) is 6.61 Å². The van der Waals surface area contributed by atoms with Gasteiger partial charge in [0.05, 0.1) is 18.3 Å². The third-order valence-electron chi connectivity index (χ3n) is 3.36. The lowest BCUT2D eigenvalue weighted by Gasteiger charge is -2.14. The van der Waals surface area contributed by atoms with Crippen LogP contribution in [0.1, 0.15) is 54.0 Å². The van der Waals surface area contributed by atoms with Gasteiger partial charge in [0.1, 0.15) is 11.4 Å². The number of H-pyrrole nitrogens is 1. The second-order valence-corrected chi connectivity index (χ2v) is 4.95. The van der Waals surface area contributed by atoms with E-state index in [1.807, 2.05) is 6.92 Å². The van der Waals surface area contributed by atoms with E-state index in [1.54, 1.807) is 6.92 Å². The number of aromatic nitrogens is 2. The molecular weight excluding hydrogens is 246 g/mol. The highest BCUT2D eigenvalue weighted by atomic mass is 16.3. The van der Waals surface area contributed by atoms with Crippen LogP contribution in [0.2, 0.25) is 0 Å². The highest BCUT2D eigenvalue weighted by Gasteiger charge is 2.28. The van der Waals surface area contributed by atoms with E-state index in [-0.39, 0.29) is 18.2 Å². The number of aryl methyl sites for hydroxylation is 1. The van der Waals surface area contributed by atoms with Crippen LogP contribution in [0.4, 0.5) is 0 Å². The molecule has 6 nitrogen and oxygen atoms in total. The second-order valence-electron chi connectivity index (χ2n) is 4.95. The number of nitrogens with one attached hydrogen (secondary N) is 2. The van der Waals surface area contributed by atoms with Crippen LogP contribution < -0.4 is 10.9 Å². The lowest BCUT2D eigenvalue weighted by molar-refractivity contribution is 0.0912. The summed E-state index contributed by atoms with van der Waals surface area (Å²) in [5, 5.41) is 11.7. The summed E-state index contributed by atoms with van der Waals surface area (Å²) in [5.74, 6) is 0.534. The van der Waals surface area contributed by atoms with Crippen molar-refractivity contribution >= 4 is 5.91 Å². The van der Waals surface area contributed by atoms with Crippen molar-refractivity contribution in [2.24, 2.45) is 0 Å². The Labute approximate surface area is 111 Å². The molecule has 0 spiro atoms. The van der Waals surface area contributed by atoms with Crippen LogP contribution in [0.15, 0.2) is 4.79 Å². The normalized spacial score (nSPS) is 16.2. The Kier molecular flexibility index (Phi) is 3.99. The fourth-order valence-corrected chi connectivity index (χ4v) is 1.96. The van der Waals surface area contributed by atoms with Gasteiger partial charge in [-0.25, -0.2) is 4.98 Å². The number of nitrogens with zero attached hydrogens (tertiary/aromatic N) is 1. The summed E-state index contributed by atoms with van der Waals surface area (Å²) in [7, 11) is 0. The van der Waals surface area contributed by atoms with Crippen LogP contribution in [0, 0.1) is 6.92 Å². The lowest BCUT2D eigenvalue weighted by atomic mass is 10.1. The number of hydrogen-bond donors (Lipinski definition) is 3. The second kappa shape index (κ2) is 5.52. The third-order valence-corrected chi connectivity index (χ3v) is 3.36. The lowest BCUT2D eigenvalue weighted by Crippen LogP contribution is -2.40. The molecule has 0 bridgehead atoms. The summed E-state index contributed by atoms with van der Waals surface area (Å²) in [4.78, 5) is 31.0. The maximum absolute atomic E-state index is 12.0. The van der Waals surface area contributed by atoms with Crippen molar-refractivity contribution in [1.82, 2.24) is 15.3 Å². The molecule has 0 saturated heterocycles. The first-order chi connectivity index (χ1) is 9.06. The fourth-order valence-electron chi connectivity index (χ4n) is 1.96. The smallest absolute Gasteiger partial charge is 0.264 e. The van der Waals surface area contributed by atoms with E-state index in [9.17, 15) is 9.59 Å². The molecule has 104 valence electrons. The van der Waals surface area contributed by atoms with Crippen LogP contribution in [-0.2, 0) is 0 Å². The summed E-state index contributed by atoms with van der Waals surface area (Å²) in [5.41, 5.74) is 0.0759. The van der Waals surface area contributed by atoms with Gasteiger partial charge < -0.3 is 15.4 Å². The summed E-state index contributed by atoms with van der Waals surface area (Å²) < 4.78 is 0. The summed E-state index contributed by atoms with van der Waals surface area (Å²) in [6.45, 7) is 3.37. The van der Waals surface area contributed by atoms with Crippen molar-refractivity contribution in [3.05, 3.63) is 27.4 Å². The molecule has 1 amide bonds. The number of aromatic amines is 1. The molecular formula is C13H19N3O3. The quantitative estimate of drug-likeness (QED) is 0.720. The number of amides is 1. The Morgan fingerprint density at radius 1 is 1.58 bits per heavy atom. The molecule has 0 aliphatic heterocycles. The topological polar surface area (TPSA) is 95.1 Å². The zero-order valence-electron chi connectivity index (χ0n) is 11.2. The SMILES string of the molecule is CCC(CO)NC(=O)c1c(C)nc(C2CC2)[nH]c1=O. The number of aliphatic hydroxyl groups excluding tert-OH is 1. The Morgan fingerprint density at radius 2 is 2.26 bits per heavy atom.